The molecule has 0 radical (unpaired) electrons. The number of rotatable bonds is 1. The van der Waals surface area contributed by atoms with Gasteiger partial charge in [-0.15, -0.1) is 0 Å². The molecule has 0 bridgehead atoms. The molecule has 0 spiro atoms. The molecule has 0 fully saturated rings. The van der Waals surface area contributed by atoms with Gasteiger partial charge in [-0.2, -0.15) is 0 Å². The van der Waals surface area contributed by atoms with E-state index in [1.807, 2.05) is 0 Å². The zero-order valence-corrected chi connectivity index (χ0v) is 23.1. The zero-order valence-electron chi connectivity index (χ0n) is 23.1. The molecule has 0 aliphatic carbocycles. The zero-order chi connectivity index (χ0) is 27.8. The van der Waals surface area contributed by atoms with E-state index in [-0.39, 0.29) is 0 Å². The van der Waals surface area contributed by atoms with Gasteiger partial charge in [-0.3, -0.25) is 0 Å². The molecule has 11 rings (SSSR count). The largest absolute Gasteiger partial charge is 0.353 e. The van der Waals surface area contributed by atoms with E-state index in [9.17, 15) is 0 Å². The van der Waals surface area contributed by atoms with Crippen molar-refractivity contribution in [1.29, 1.82) is 0 Å². The number of nitrogens with zero attached hydrogens (tertiary/aromatic N) is 2. The van der Waals surface area contributed by atoms with Gasteiger partial charge in [-0.05, 0) is 47.2 Å². The highest BCUT2D eigenvalue weighted by Gasteiger charge is 2.24. The quantitative estimate of drug-likeness (QED) is 0.212. The third kappa shape index (κ3) is 2.54. The van der Waals surface area contributed by atoms with E-state index in [0.717, 1.165) is 0 Å². The first-order valence-corrected chi connectivity index (χ1v) is 14.9. The van der Waals surface area contributed by atoms with Crippen LogP contribution in [0.2, 0.25) is 0 Å². The Kier molecular flexibility index (Phi) is 3.83. The van der Waals surface area contributed by atoms with Crippen molar-refractivity contribution >= 4 is 92.5 Å². The van der Waals surface area contributed by atoms with Gasteiger partial charge in [0.15, 0.2) is 0 Å². The number of benzene rings is 7. The van der Waals surface area contributed by atoms with Crippen molar-refractivity contribution in [2.45, 2.75) is 0 Å². The molecule has 198 valence electrons. The first kappa shape index (κ1) is 21.9. The van der Waals surface area contributed by atoms with Gasteiger partial charge in [0.1, 0.15) is 0 Å². The number of para-hydroxylation sites is 4. The second kappa shape index (κ2) is 7.53. The average molecular weight is 546 g/mol. The van der Waals surface area contributed by atoms with Crippen LogP contribution in [0.3, 0.4) is 0 Å². The maximum Gasteiger partial charge on any atom is 0.0784 e. The van der Waals surface area contributed by atoms with Crippen LogP contribution in [0.1, 0.15) is 0 Å². The second-order valence-electron chi connectivity index (χ2n) is 11.8. The second-order valence-corrected chi connectivity index (χ2v) is 11.8. The first-order chi connectivity index (χ1) is 21.4. The number of aromatic nitrogens is 3. The predicted molar refractivity (Wildman–Crippen MR) is 182 cm³/mol. The minimum absolute atomic E-state index is 1.17. The van der Waals surface area contributed by atoms with Crippen molar-refractivity contribution in [2.75, 3.05) is 0 Å². The van der Waals surface area contributed by atoms with Crippen LogP contribution in [0.15, 0.2) is 133 Å². The molecule has 0 aliphatic rings. The summed E-state index contributed by atoms with van der Waals surface area (Å²) in [5.41, 5.74) is 9.71. The smallest absolute Gasteiger partial charge is 0.0784 e. The summed E-state index contributed by atoms with van der Waals surface area (Å²) in [4.78, 5) is 4.00. The fourth-order valence-electron chi connectivity index (χ4n) is 8.10. The van der Waals surface area contributed by atoms with Crippen LogP contribution in [0.5, 0.6) is 0 Å². The van der Waals surface area contributed by atoms with Crippen LogP contribution in [0, 0.1) is 0 Å². The number of nitrogens with one attached hydrogen (secondary N) is 1. The van der Waals surface area contributed by atoms with Gasteiger partial charge in [0, 0.05) is 54.3 Å². The van der Waals surface area contributed by atoms with Gasteiger partial charge in [0.2, 0.25) is 0 Å². The highest BCUT2D eigenvalue weighted by molar-refractivity contribution is 6.39. The van der Waals surface area contributed by atoms with Crippen molar-refractivity contribution < 1.29 is 0 Å². The molecule has 3 heteroatoms. The van der Waals surface area contributed by atoms with E-state index < -0.39 is 0 Å². The molecule has 3 nitrogen and oxygen atoms in total. The number of hydrogen-bond donors (Lipinski definition) is 1. The van der Waals surface area contributed by atoms with Gasteiger partial charge in [0.25, 0.3) is 0 Å². The lowest BCUT2D eigenvalue weighted by atomic mass is 9.97. The summed E-state index contributed by atoms with van der Waals surface area (Å²) in [6, 6.07) is 49.0. The molecule has 7 aromatic carbocycles. The van der Waals surface area contributed by atoms with Crippen molar-refractivity contribution in [2.24, 2.45) is 0 Å². The van der Waals surface area contributed by atoms with Crippen molar-refractivity contribution in [3.05, 3.63) is 133 Å². The molecule has 0 atom stereocenters. The van der Waals surface area contributed by atoms with Gasteiger partial charge >= 0.3 is 0 Å². The molecule has 43 heavy (non-hydrogen) atoms. The lowest BCUT2D eigenvalue weighted by Crippen LogP contribution is -1.94. The summed E-state index contributed by atoms with van der Waals surface area (Å²) >= 11 is 0. The highest BCUT2D eigenvalue weighted by atomic mass is 15.0. The molecular weight excluding hydrogens is 522 g/mol. The van der Waals surface area contributed by atoms with Gasteiger partial charge in [-0.1, -0.05) is 97.1 Å². The topological polar surface area (TPSA) is 25.1 Å². The maximum atomic E-state index is 4.00. The average Bonchev–Trinajstić information content (AvgIpc) is 3.68. The third-order valence-corrected chi connectivity index (χ3v) is 9.72. The third-order valence-electron chi connectivity index (χ3n) is 9.72. The molecule has 0 aliphatic heterocycles. The highest BCUT2D eigenvalue weighted by Crippen LogP contribution is 2.47. The number of H-pyrrole nitrogens is 1. The Hall–Kier alpha value is -5.80. The predicted octanol–water partition coefficient (Wildman–Crippen LogP) is 10.7. The number of aromatic amines is 1. The number of fused-ring (bicyclic) bond motifs is 11. The summed E-state index contributed by atoms with van der Waals surface area (Å²) in [6.07, 6.45) is 0. The molecule has 0 amide bonds. The Morgan fingerprint density at radius 2 is 1.09 bits per heavy atom. The normalized spacial score (nSPS) is 12.7. The van der Waals surface area contributed by atoms with E-state index in [1.54, 1.807) is 0 Å². The Balaban J connectivity index is 1.57. The molecule has 0 saturated heterocycles. The summed E-state index contributed by atoms with van der Waals surface area (Å²) < 4.78 is 4.98. The molecule has 0 unspecified atom stereocenters. The van der Waals surface area contributed by atoms with Crippen LogP contribution in [0.4, 0.5) is 0 Å². The van der Waals surface area contributed by atoms with Crippen LogP contribution in [-0.2, 0) is 0 Å². The van der Waals surface area contributed by atoms with Gasteiger partial charge in [0.05, 0.1) is 33.1 Å². The Bertz CT molecular complexity index is 2930. The Morgan fingerprint density at radius 3 is 1.95 bits per heavy atom. The van der Waals surface area contributed by atoms with Gasteiger partial charge in [-0.25, -0.2) is 0 Å². The fourth-order valence-corrected chi connectivity index (χ4v) is 8.10. The number of hydrogen-bond acceptors (Lipinski definition) is 0. The van der Waals surface area contributed by atoms with Crippen molar-refractivity contribution in [3.8, 4) is 5.69 Å². The van der Waals surface area contributed by atoms with Crippen LogP contribution in [-0.4, -0.2) is 14.0 Å². The minimum Gasteiger partial charge on any atom is -0.353 e. The molecule has 11 aromatic rings. The van der Waals surface area contributed by atoms with Gasteiger partial charge < -0.3 is 14.0 Å². The Morgan fingerprint density at radius 1 is 0.419 bits per heavy atom. The maximum absolute atomic E-state index is 4.00. The van der Waals surface area contributed by atoms with E-state index in [1.165, 1.54) is 98.2 Å². The monoisotopic (exact) mass is 545 g/mol. The Labute approximate surface area is 245 Å². The standard InChI is InChI=1S/C40H23N3/c1-2-12-24(13-3-1)42-32-19-8-7-16-27(32)30-22-34-37-36-31(41-38(37)40(30)42)21-23-11-4-5-14-25(23)35(36)29-18-10-17-28-26-15-6-9-20-33(26)43(34)39(28)29/h1-22,41H. The molecular formula is C40H23N3. The van der Waals surface area contributed by atoms with Crippen molar-refractivity contribution in [1.82, 2.24) is 14.0 Å². The van der Waals surface area contributed by atoms with E-state index >= 15 is 0 Å². The molecule has 4 aromatic heterocycles. The summed E-state index contributed by atoms with van der Waals surface area (Å²) in [5.74, 6) is 0. The molecule has 0 saturated carbocycles. The SMILES string of the molecule is c1ccc(-n2c3ccccc3c3cc4c5c([nH]c6cc7ccccc7c(c7cccc8c9ccccc9n4c87)c65)c32)cc1. The first-order valence-electron chi connectivity index (χ1n) is 14.9. The van der Waals surface area contributed by atoms with Crippen molar-refractivity contribution in [3.63, 3.8) is 0 Å². The lowest BCUT2D eigenvalue weighted by Gasteiger charge is -2.09. The summed E-state index contributed by atoms with van der Waals surface area (Å²) in [6.45, 7) is 0. The molecule has 4 heterocycles. The van der Waals surface area contributed by atoms with E-state index in [4.69, 9.17) is 0 Å². The summed E-state index contributed by atoms with van der Waals surface area (Å²) in [5, 5.41) is 12.8. The van der Waals surface area contributed by atoms with Crippen LogP contribution in [0.25, 0.3) is 98.2 Å². The fraction of sp³-hybridized carbons (Fsp3) is 0. The minimum atomic E-state index is 1.17. The van der Waals surface area contributed by atoms with E-state index in [2.05, 4.69) is 147 Å². The van der Waals surface area contributed by atoms with E-state index in [0.29, 0.717) is 0 Å². The lowest BCUT2D eigenvalue weighted by molar-refractivity contribution is 1.18. The van der Waals surface area contributed by atoms with Crippen LogP contribution >= 0.6 is 0 Å². The summed E-state index contributed by atoms with van der Waals surface area (Å²) in [7, 11) is 0. The van der Waals surface area contributed by atoms with Crippen LogP contribution < -0.4 is 0 Å². The molecule has 1 N–H and O–H groups in total.